The second-order valence-electron chi connectivity index (χ2n) is 6.46. The van der Waals surface area contributed by atoms with Crippen LogP contribution in [0.3, 0.4) is 0 Å². The Balaban J connectivity index is 2.81. The zero-order valence-corrected chi connectivity index (χ0v) is 14.7. The molecule has 0 unspecified atom stereocenters. The van der Waals surface area contributed by atoms with Gasteiger partial charge in [-0.05, 0) is 46.6 Å². The highest BCUT2D eigenvalue weighted by Gasteiger charge is 2.38. The Hall–Kier alpha value is -1.50. The van der Waals surface area contributed by atoms with Gasteiger partial charge in [0.1, 0.15) is 5.60 Å². The van der Waals surface area contributed by atoms with Crippen molar-refractivity contribution in [2.75, 3.05) is 19.8 Å². The van der Waals surface area contributed by atoms with Gasteiger partial charge in [-0.3, -0.25) is 0 Å². The van der Waals surface area contributed by atoms with E-state index in [0.29, 0.717) is 32.6 Å². The van der Waals surface area contributed by atoms with Crippen molar-refractivity contribution in [3.8, 4) is 0 Å². The predicted molar refractivity (Wildman–Crippen MR) is 85.9 cm³/mol. The van der Waals surface area contributed by atoms with Crippen LogP contribution in [-0.4, -0.2) is 54.7 Å². The zero-order valence-electron chi connectivity index (χ0n) is 14.7. The summed E-state index contributed by atoms with van der Waals surface area (Å²) in [5.74, 6) is 0. The van der Waals surface area contributed by atoms with Crippen molar-refractivity contribution in [1.82, 2.24) is 4.90 Å². The maximum Gasteiger partial charge on any atom is 0.410 e. The largest absolute Gasteiger partial charge is 0.444 e. The van der Waals surface area contributed by atoms with Crippen molar-refractivity contribution in [2.45, 2.75) is 71.4 Å². The first-order chi connectivity index (χ1) is 10.8. The van der Waals surface area contributed by atoms with Gasteiger partial charge in [-0.15, -0.1) is 0 Å². The maximum absolute atomic E-state index is 12.4. The van der Waals surface area contributed by atoms with Crippen LogP contribution in [0.15, 0.2) is 5.11 Å². The Morgan fingerprint density at radius 2 is 1.96 bits per heavy atom. The highest BCUT2D eigenvalue weighted by molar-refractivity contribution is 5.69. The van der Waals surface area contributed by atoms with Crippen LogP contribution in [0.4, 0.5) is 4.79 Å². The molecule has 1 aliphatic rings. The van der Waals surface area contributed by atoms with Gasteiger partial charge < -0.3 is 19.1 Å². The van der Waals surface area contributed by atoms with Crippen LogP contribution in [0, 0.1) is 0 Å². The SMILES string of the molecule is CCOC(C[C@H]1C[C@@H](N=[N+]=[N-])CN1C(=O)OC(C)(C)C)OCC. The van der Waals surface area contributed by atoms with Gasteiger partial charge in [-0.1, -0.05) is 5.11 Å². The van der Waals surface area contributed by atoms with Crippen molar-refractivity contribution in [2.24, 2.45) is 5.11 Å². The number of amides is 1. The fourth-order valence-corrected chi connectivity index (χ4v) is 2.59. The molecule has 1 aliphatic heterocycles. The molecule has 0 aliphatic carbocycles. The number of likely N-dealkylation sites (tertiary alicyclic amines) is 1. The molecular weight excluding hydrogens is 300 g/mol. The first-order valence-corrected chi connectivity index (χ1v) is 8.07. The topological polar surface area (TPSA) is 96.8 Å². The molecule has 0 aromatic carbocycles. The average molecular weight is 328 g/mol. The second kappa shape index (κ2) is 8.96. The molecule has 1 rings (SSSR count). The summed E-state index contributed by atoms with van der Waals surface area (Å²) in [5, 5.41) is 3.75. The minimum Gasteiger partial charge on any atom is -0.444 e. The van der Waals surface area contributed by atoms with E-state index in [4.69, 9.17) is 19.7 Å². The van der Waals surface area contributed by atoms with Crippen LogP contribution in [0.1, 0.15) is 47.5 Å². The van der Waals surface area contributed by atoms with E-state index in [2.05, 4.69) is 10.0 Å². The third-order valence-corrected chi connectivity index (χ3v) is 3.40. The summed E-state index contributed by atoms with van der Waals surface area (Å²) in [5.41, 5.74) is 8.08. The fraction of sp³-hybridized carbons (Fsp3) is 0.933. The molecule has 0 radical (unpaired) electrons. The lowest BCUT2D eigenvalue weighted by atomic mass is 10.1. The van der Waals surface area contributed by atoms with Crippen molar-refractivity contribution in [3.05, 3.63) is 10.4 Å². The molecule has 2 atom stereocenters. The summed E-state index contributed by atoms with van der Waals surface area (Å²) in [6, 6.07) is -0.384. The molecule has 8 heteroatoms. The van der Waals surface area contributed by atoms with E-state index in [1.165, 1.54) is 0 Å². The van der Waals surface area contributed by atoms with E-state index in [9.17, 15) is 4.79 Å². The van der Waals surface area contributed by atoms with Gasteiger partial charge in [0.15, 0.2) is 6.29 Å². The third-order valence-electron chi connectivity index (χ3n) is 3.40. The number of nitrogens with zero attached hydrogens (tertiary/aromatic N) is 4. The minimum absolute atomic E-state index is 0.136. The number of carbonyl (C=O) groups excluding carboxylic acids is 1. The third kappa shape index (κ3) is 6.64. The predicted octanol–water partition coefficient (Wildman–Crippen LogP) is 3.46. The molecule has 0 saturated carbocycles. The molecule has 1 heterocycles. The Kier molecular flexibility index (Phi) is 7.61. The molecule has 23 heavy (non-hydrogen) atoms. The molecule has 1 saturated heterocycles. The molecular formula is C15H28N4O4. The second-order valence-corrected chi connectivity index (χ2v) is 6.46. The average Bonchev–Trinajstić information content (AvgIpc) is 2.81. The van der Waals surface area contributed by atoms with Gasteiger partial charge >= 0.3 is 6.09 Å². The maximum atomic E-state index is 12.4. The lowest BCUT2D eigenvalue weighted by molar-refractivity contribution is -0.146. The Morgan fingerprint density at radius 3 is 2.43 bits per heavy atom. The van der Waals surface area contributed by atoms with Crippen LogP contribution in [0.5, 0.6) is 0 Å². The van der Waals surface area contributed by atoms with Crippen LogP contribution >= 0.6 is 0 Å². The molecule has 1 fully saturated rings. The Bertz CT molecular complexity index is 426. The van der Waals surface area contributed by atoms with E-state index in [-0.39, 0.29) is 18.4 Å². The van der Waals surface area contributed by atoms with Crippen LogP contribution in [0.2, 0.25) is 0 Å². The molecule has 8 nitrogen and oxygen atoms in total. The smallest absolute Gasteiger partial charge is 0.410 e. The lowest BCUT2D eigenvalue weighted by Crippen LogP contribution is -2.42. The Labute approximate surface area is 137 Å². The lowest BCUT2D eigenvalue weighted by Gasteiger charge is -2.30. The number of azide groups is 1. The molecule has 0 aromatic heterocycles. The van der Waals surface area contributed by atoms with Crippen molar-refractivity contribution < 1.29 is 19.0 Å². The van der Waals surface area contributed by atoms with Crippen molar-refractivity contribution in [1.29, 1.82) is 0 Å². The molecule has 0 spiro atoms. The molecule has 0 bridgehead atoms. The van der Waals surface area contributed by atoms with Gasteiger partial charge in [0.05, 0.1) is 6.04 Å². The van der Waals surface area contributed by atoms with E-state index in [1.807, 2.05) is 34.6 Å². The van der Waals surface area contributed by atoms with Crippen LogP contribution in [0.25, 0.3) is 10.4 Å². The quantitative estimate of drug-likeness (QED) is 0.309. The Morgan fingerprint density at radius 1 is 1.35 bits per heavy atom. The number of hydrogen-bond acceptors (Lipinski definition) is 5. The number of ether oxygens (including phenoxy) is 3. The number of hydrogen-bond donors (Lipinski definition) is 0. The van der Waals surface area contributed by atoms with Crippen molar-refractivity contribution >= 4 is 6.09 Å². The summed E-state index contributed by atoms with van der Waals surface area (Å²) in [7, 11) is 0. The monoisotopic (exact) mass is 328 g/mol. The van der Waals surface area contributed by atoms with Crippen molar-refractivity contribution in [3.63, 3.8) is 0 Å². The zero-order chi connectivity index (χ0) is 17.5. The normalized spacial score (nSPS) is 21.4. The highest BCUT2D eigenvalue weighted by Crippen LogP contribution is 2.27. The highest BCUT2D eigenvalue weighted by atomic mass is 16.7. The first-order valence-electron chi connectivity index (χ1n) is 8.07. The number of rotatable bonds is 7. The molecule has 1 amide bonds. The summed E-state index contributed by atoms with van der Waals surface area (Å²) < 4.78 is 16.6. The van der Waals surface area contributed by atoms with E-state index >= 15 is 0 Å². The molecule has 132 valence electrons. The fourth-order valence-electron chi connectivity index (χ4n) is 2.59. The van der Waals surface area contributed by atoms with E-state index in [0.717, 1.165) is 0 Å². The van der Waals surface area contributed by atoms with Gasteiger partial charge in [-0.25, -0.2) is 4.79 Å². The van der Waals surface area contributed by atoms with Gasteiger partial charge in [-0.2, -0.15) is 0 Å². The molecule has 0 aromatic rings. The van der Waals surface area contributed by atoms with Gasteiger partial charge in [0, 0.05) is 37.1 Å². The van der Waals surface area contributed by atoms with Gasteiger partial charge in [0.25, 0.3) is 0 Å². The summed E-state index contributed by atoms with van der Waals surface area (Å²) in [6.07, 6.45) is 0.327. The first kappa shape index (κ1) is 19.5. The standard InChI is InChI=1S/C15H28N4O4/c1-6-21-13(22-7-2)9-12-8-11(17-18-16)10-19(12)14(20)23-15(3,4)5/h11-13H,6-10H2,1-5H3/t11-,12-/m1/s1. The van der Waals surface area contributed by atoms with Crippen LogP contribution in [-0.2, 0) is 14.2 Å². The van der Waals surface area contributed by atoms with Gasteiger partial charge in [0.2, 0.25) is 0 Å². The minimum atomic E-state index is -0.572. The summed E-state index contributed by atoms with van der Waals surface area (Å²) >= 11 is 0. The summed E-state index contributed by atoms with van der Waals surface area (Å²) in [4.78, 5) is 16.9. The molecule has 0 N–H and O–H groups in total. The van der Waals surface area contributed by atoms with E-state index in [1.54, 1.807) is 4.90 Å². The number of carbonyl (C=O) groups is 1. The summed E-state index contributed by atoms with van der Waals surface area (Å²) in [6.45, 7) is 10.7. The van der Waals surface area contributed by atoms with Crippen LogP contribution < -0.4 is 0 Å². The van der Waals surface area contributed by atoms with E-state index < -0.39 is 11.7 Å².